The molecular formula is C17H30N4O2. The zero-order valence-corrected chi connectivity index (χ0v) is 14.2. The number of aliphatic imine (C=N–C) groups is 1. The largest absolute Gasteiger partial charge is 0.376 e. The summed E-state index contributed by atoms with van der Waals surface area (Å²) in [6.07, 6.45) is 7.51. The van der Waals surface area contributed by atoms with Crippen LogP contribution in [0.15, 0.2) is 4.99 Å². The topological polar surface area (TPSA) is 78.7 Å². The van der Waals surface area contributed by atoms with E-state index in [2.05, 4.69) is 28.6 Å². The average Bonchev–Trinajstić information content (AvgIpc) is 3.25. The lowest BCUT2D eigenvalue weighted by atomic mass is 10.1. The van der Waals surface area contributed by atoms with Crippen molar-refractivity contribution in [2.24, 2.45) is 4.99 Å². The fourth-order valence-corrected chi connectivity index (χ4v) is 2.98. The van der Waals surface area contributed by atoms with Gasteiger partial charge in [-0.2, -0.15) is 5.26 Å². The lowest BCUT2D eigenvalue weighted by Crippen LogP contribution is -2.47. The number of hydrogen-bond donors (Lipinski definition) is 2. The molecule has 0 aromatic rings. The molecule has 2 heterocycles. The summed E-state index contributed by atoms with van der Waals surface area (Å²) in [7, 11) is 0. The van der Waals surface area contributed by atoms with Gasteiger partial charge in [0.2, 0.25) is 0 Å². The molecule has 2 aliphatic rings. The fraction of sp³-hybridized carbons (Fsp3) is 0.882. The molecule has 0 aromatic heterocycles. The van der Waals surface area contributed by atoms with Gasteiger partial charge in [0.25, 0.3) is 0 Å². The molecule has 2 aliphatic heterocycles. The summed E-state index contributed by atoms with van der Waals surface area (Å²) in [5, 5.41) is 15.4. The van der Waals surface area contributed by atoms with Gasteiger partial charge in [-0.1, -0.05) is 0 Å². The third-order valence-corrected chi connectivity index (χ3v) is 4.37. The number of ether oxygens (including phenoxy) is 2. The van der Waals surface area contributed by atoms with E-state index in [9.17, 15) is 0 Å². The standard InChI is InChI=1S/C17H30N4O2/c1-14(16-8-6-12-23-16)21-17(19-10-4-2-3-9-18)20-13-15-7-5-11-22-15/h14-16H,2-8,10-13H2,1H3,(H2,19,20,21)/t14-,15-,16-/m0/s1. The monoisotopic (exact) mass is 322 g/mol. The highest BCUT2D eigenvalue weighted by Crippen LogP contribution is 2.15. The highest BCUT2D eigenvalue weighted by Gasteiger charge is 2.23. The molecule has 23 heavy (non-hydrogen) atoms. The Morgan fingerprint density at radius 3 is 2.78 bits per heavy atom. The van der Waals surface area contributed by atoms with Gasteiger partial charge in [-0.15, -0.1) is 0 Å². The Morgan fingerprint density at radius 1 is 1.26 bits per heavy atom. The first-order valence-corrected chi connectivity index (χ1v) is 8.94. The number of nitrogens with zero attached hydrogens (tertiary/aromatic N) is 2. The number of unbranched alkanes of at least 4 members (excludes halogenated alkanes) is 2. The minimum atomic E-state index is 0.243. The number of nitrogens with one attached hydrogen (secondary N) is 2. The van der Waals surface area contributed by atoms with Crippen LogP contribution in [0, 0.1) is 11.3 Å². The van der Waals surface area contributed by atoms with Gasteiger partial charge in [-0.05, 0) is 45.4 Å². The van der Waals surface area contributed by atoms with E-state index in [0.29, 0.717) is 13.0 Å². The van der Waals surface area contributed by atoms with E-state index in [0.717, 1.165) is 64.2 Å². The van der Waals surface area contributed by atoms with E-state index in [1.165, 1.54) is 0 Å². The van der Waals surface area contributed by atoms with Crippen molar-refractivity contribution in [2.75, 3.05) is 26.3 Å². The van der Waals surface area contributed by atoms with Crippen LogP contribution in [0.2, 0.25) is 0 Å². The molecule has 6 heteroatoms. The number of nitriles is 1. The van der Waals surface area contributed by atoms with Gasteiger partial charge >= 0.3 is 0 Å². The summed E-state index contributed by atoms with van der Waals surface area (Å²) in [5.41, 5.74) is 0. The second-order valence-electron chi connectivity index (χ2n) is 6.35. The third kappa shape index (κ3) is 6.76. The van der Waals surface area contributed by atoms with Crippen LogP contribution in [0.1, 0.15) is 51.9 Å². The van der Waals surface area contributed by atoms with Gasteiger partial charge in [0.1, 0.15) is 0 Å². The third-order valence-electron chi connectivity index (χ3n) is 4.37. The van der Waals surface area contributed by atoms with E-state index in [1.807, 2.05) is 0 Å². The van der Waals surface area contributed by atoms with Crippen LogP contribution in [0.4, 0.5) is 0 Å². The van der Waals surface area contributed by atoms with Gasteiger partial charge in [0, 0.05) is 26.2 Å². The second kappa shape index (κ2) is 10.5. The quantitative estimate of drug-likeness (QED) is 0.406. The minimum Gasteiger partial charge on any atom is -0.376 e. The van der Waals surface area contributed by atoms with Crippen LogP contribution in [0.25, 0.3) is 0 Å². The Morgan fingerprint density at radius 2 is 2.09 bits per heavy atom. The number of rotatable bonds is 8. The Labute approximate surface area is 139 Å². The molecule has 0 aliphatic carbocycles. The summed E-state index contributed by atoms with van der Waals surface area (Å²) in [5.74, 6) is 0.834. The second-order valence-corrected chi connectivity index (χ2v) is 6.35. The maximum atomic E-state index is 8.59. The average molecular weight is 322 g/mol. The normalized spacial score (nSPS) is 26.0. The minimum absolute atomic E-state index is 0.243. The van der Waals surface area contributed by atoms with Crippen molar-refractivity contribution >= 4 is 5.96 Å². The molecule has 2 fully saturated rings. The predicted molar refractivity (Wildman–Crippen MR) is 90.3 cm³/mol. The zero-order valence-electron chi connectivity index (χ0n) is 14.2. The van der Waals surface area contributed by atoms with Crippen molar-refractivity contribution in [1.29, 1.82) is 5.26 Å². The molecule has 0 amide bonds. The Balaban J connectivity index is 1.79. The van der Waals surface area contributed by atoms with Gasteiger partial charge < -0.3 is 20.1 Å². The van der Waals surface area contributed by atoms with Crippen molar-refractivity contribution in [3.63, 3.8) is 0 Å². The van der Waals surface area contributed by atoms with Crippen LogP contribution in [0.3, 0.4) is 0 Å². The molecule has 2 rings (SSSR count). The molecule has 0 bridgehead atoms. The molecule has 2 saturated heterocycles. The van der Waals surface area contributed by atoms with Crippen LogP contribution < -0.4 is 10.6 Å². The van der Waals surface area contributed by atoms with Gasteiger partial charge in [-0.3, -0.25) is 4.99 Å². The maximum absolute atomic E-state index is 8.59. The van der Waals surface area contributed by atoms with E-state index >= 15 is 0 Å². The SMILES string of the molecule is C[C@H](NC(=NC[C@@H]1CCCO1)NCCCCC#N)[C@@H]1CCCO1. The van der Waals surface area contributed by atoms with Crippen molar-refractivity contribution in [1.82, 2.24) is 10.6 Å². The summed E-state index contributed by atoms with van der Waals surface area (Å²) >= 11 is 0. The van der Waals surface area contributed by atoms with Crippen LogP contribution in [-0.2, 0) is 9.47 Å². The lowest BCUT2D eigenvalue weighted by molar-refractivity contribution is 0.0889. The molecule has 0 radical (unpaired) electrons. The zero-order chi connectivity index (χ0) is 16.3. The fourth-order valence-electron chi connectivity index (χ4n) is 2.98. The molecule has 0 saturated carbocycles. The summed E-state index contributed by atoms with van der Waals surface area (Å²) in [6.45, 7) is 5.40. The van der Waals surface area contributed by atoms with Crippen molar-refractivity contribution < 1.29 is 9.47 Å². The van der Waals surface area contributed by atoms with E-state index < -0.39 is 0 Å². The first kappa shape index (κ1) is 18.0. The number of hydrogen-bond acceptors (Lipinski definition) is 4. The summed E-state index contributed by atoms with van der Waals surface area (Å²) in [6, 6.07) is 2.42. The van der Waals surface area contributed by atoms with E-state index in [1.54, 1.807) is 0 Å². The maximum Gasteiger partial charge on any atom is 0.191 e. The first-order chi connectivity index (χ1) is 11.3. The van der Waals surface area contributed by atoms with Crippen LogP contribution in [0.5, 0.6) is 0 Å². The molecule has 0 spiro atoms. The molecule has 3 atom stereocenters. The highest BCUT2D eigenvalue weighted by molar-refractivity contribution is 5.80. The predicted octanol–water partition coefficient (Wildman–Crippen LogP) is 1.96. The molecule has 2 N–H and O–H groups in total. The van der Waals surface area contributed by atoms with E-state index in [4.69, 9.17) is 14.7 Å². The van der Waals surface area contributed by atoms with Crippen LogP contribution >= 0.6 is 0 Å². The van der Waals surface area contributed by atoms with Crippen molar-refractivity contribution in [3.05, 3.63) is 0 Å². The number of guanidine groups is 1. The lowest BCUT2D eigenvalue weighted by Gasteiger charge is -2.23. The molecule has 130 valence electrons. The van der Waals surface area contributed by atoms with Gasteiger partial charge in [0.15, 0.2) is 5.96 Å². The summed E-state index contributed by atoms with van der Waals surface area (Å²) in [4.78, 5) is 4.68. The first-order valence-electron chi connectivity index (χ1n) is 8.94. The molecule has 0 unspecified atom stereocenters. The molecule has 0 aromatic carbocycles. The van der Waals surface area contributed by atoms with Crippen LogP contribution in [-0.4, -0.2) is 50.5 Å². The Hall–Kier alpha value is -1.32. The Kier molecular flexibility index (Phi) is 8.19. The van der Waals surface area contributed by atoms with Crippen molar-refractivity contribution in [3.8, 4) is 6.07 Å². The van der Waals surface area contributed by atoms with E-state index in [-0.39, 0.29) is 18.2 Å². The highest BCUT2D eigenvalue weighted by atomic mass is 16.5. The summed E-state index contributed by atoms with van der Waals surface area (Å²) < 4.78 is 11.4. The van der Waals surface area contributed by atoms with Gasteiger partial charge in [-0.25, -0.2) is 0 Å². The smallest absolute Gasteiger partial charge is 0.191 e. The Bertz CT molecular complexity index is 396. The van der Waals surface area contributed by atoms with Crippen molar-refractivity contribution in [2.45, 2.75) is 70.1 Å². The molecule has 6 nitrogen and oxygen atoms in total. The van der Waals surface area contributed by atoms with Gasteiger partial charge in [0.05, 0.1) is 30.9 Å². The molecular weight excluding hydrogens is 292 g/mol.